The van der Waals surface area contributed by atoms with Gasteiger partial charge in [0.15, 0.2) is 5.65 Å². The van der Waals surface area contributed by atoms with Gasteiger partial charge in [-0.15, -0.1) is 10.2 Å². The first-order valence-electron chi connectivity index (χ1n) is 6.09. The van der Waals surface area contributed by atoms with E-state index in [1.54, 1.807) is 28.8 Å². The zero-order chi connectivity index (χ0) is 15.0. The SMILES string of the molecule is FC(F)(F)c1ccccc1Cc1nnc2ccc(Cl)cn12. The van der Waals surface area contributed by atoms with Crippen molar-refractivity contribution >= 4 is 17.2 Å². The summed E-state index contributed by atoms with van der Waals surface area (Å²) in [6.07, 6.45) is -2.78. The summed E-state index contributed by atoms with van der Waals surface area (Å²) in [5.41, 5.74) is 0.0296. The smallest absolute Gasteiger partial charge is 0.285 e. The Bertz CT molecular complexity index is 796. The largest absolute Gasteiger partial charge is 0.416 e. The van der Waals surface area contributed by atoms with Crippen molar-refractivity contribution in [2.45, 2.75) is 12.6 Å². The van der Waals surface area contributed by atoms with E-state index in [0.717, 1.165) is 6.07 Å². The van der Waals surface area contributed by atoms with Crippen molar-refractivity contribution < 1.29 is 13.2 Å². The lowest BCUT2D eigenvalue weighted by Gasteiger charge is -2.11. The van der Waals surface area contributed by atoms with Gasteiger partial charge in [-0.25, -0.2) is 0 Å². The summed E-state index contributed by atoms with van der Waals surface area (Å²) in [7, 11) is 0. The Morgan fingerprint density at radius 3 is 2.57 bits per heavy atom. The molecule has 0 atom stereocenters. The highest BCUT2D eigenvalue weighted by atomic mass is 35.5. The molecule has 0 aliphatic carbocycles. The van der Waals surface area contributed by atoms with Gasteiger partial charge >= 0.3 is 6.18 Å². The highest BCUT2D eigenvalue weighted by molar-refractivity contribution is 6.30. The Hall–Kier alpha value is -2.08. The number of hydrogen-bond donors (Lipinski definition) is 0. The molecule has 3 rings (SSSR count). The molecule has 0 unspecified atom stereocenters. The highest BCUT2D eigenvalue weighted by Crippen LogP contribution is 2.32. The van der Waals surface area contributed by atoms with E-state index in [2.05, 4.69) is 10.2 Å². The molecule has 108 valence electrons. The molecule has 1 aromatic carbocycles. The minimum atomic E-state index is -4.39. The maximum Gasteiger partial charge on any atom is 0.416 e. The molecule has 0 saturated heterocycles. The van der Waals surface area contributed by atoms with Crippen molar-refractivity contribution in [3.63, 3.8) is 0 Å². The number of aromatic nitrogens is 3. The molecule has 0 aliphatic heterocycles. The summed E-state index contributed by atoms with van der Waals surface area (Å²) in [6, 6.07) is 8.75. The lowest BCUT2D eigenvalue weighted by Crippen LogP contribution is -2.10. The molecule has 0 N–H and O–H groups in total. The van der Waals surface area contributed by atoms with E-state index in [4.69, 9.17) is 11.6 Å². The normalized spacial score (nSPS) is 12.0. The molecule has 0 saturated carbocycles. The Kier molecular flexibility index (Phi) is 3.33. The molecule has 0 bridgehead atoms. The molecule has 0 radical (unpaired) electrons. The van der Waals surface area contributed by atoms with E-state index < -0.39 is 11.7 Å². The van der Waals surface area contributed by atoms with Crippen LogP contribution in [0.3, 0.4) is 0 Å². The van der Waals surface area contributed by atoms with Gasteiger partial charge in [-0.3, -0.25) is 4.40 Å². The third-order valence-corrected chi connectivity index (χ3v) is 3.33. The van der Waals surface area contributed by atoms with Crippen molar-refractivity contribution in [3.8, 4) is 0 Å². The second-order valence-electron chi connectivity index (χ2n) is 4.52. The van der Waals surface area contributed by atoms with Gasteiger partial charge in [0.05, 0.1) is 10.6 Å². The minimum absolute atomic E-state index is 0.0250. The summed E-state index contributed by atoms with van der Waals surface area (Å²) < 4.78 is 40.6. The van der Waals surface area contributed by atoms with Crippen molar-refractivity contribution in [2.24, 2.45) is 0 Å². The fourth-order valence-corrected chi connectivity index (χ4v) is 2.31. The molecule has 2 aromatic heterocycles. The molecule has 0 fully saturated rings. The fraction of sp³-hybridized carbons (Fsp3) is 0.143. The van der Waals surface area contributed by atoms with Crippen LogP contribution in [0.25, 0.3) is 5.65 Å². The maximum atomic E-state index is 13.0. The number of rotatable bonds is 2. The average molecular weight is 312 g/mol. The van der Waals surface area contributed by atoms with E-state index in [0.29, 0.717) is 16.5 Å². The van der Waals surface area contributed by atoms with Crippen LogP contribution in [0.4, 0.5) is 13.2 Å². The summed E-state index contributed by atoms with van der Waals surface area (Å²) in [5.74, 6) is 0.407. The van der Waals surface area contributed by atoms with E-state index in [9.17, 15) is 13.2 Å². The van der Waals surface area contributed by atoms with Gasteiger partial charge in [0.1, 0.15) is 5.82 Å². The second-order valence-corrected chi connectivity index (χ2v) is 4.96. The maximum absolute atomic E-state index is 13.0. The molecule has 0 spiro atoms. The Morgan fingerprint density at radius 1 is 1.05 bits per heavy atom. The Balaban J connectivity index is 2.05. The van der Waals surface area contributed by atoms with Crippen LogP contribution in [0.15, 0.2) is 42.6 Å². The molecule has 3 aromatic rings. The molecule has 7 heteroatoms. The summed E-state index contributed by atoms with van der Waals surface area (Å²) in [5, 5.41) is 8.33. The van der Waals surface area contributed by atoms with Gasteiger partial charge in [0, 0.05) is 12.6 Å². The first kappa shape index (κ1) is 13.9. The van der Waals surface area contributed by atoms with Crippen molar-refractivity contribution in [1.82, 2.24) is 14.6 Å². The van der Waals surface area contributed by atoms with Crippen molar-refractivity contribution in [3.05, 3.63) is 64.6 Å². The van der Waals surface area contributed by atoms with Gasteiger partial charge in [-0.1, -0.05) is 29.8 Å². The van der Waals surface area contributed by atoms with Crippen LogP contribution in [0, 0.1) is 0 Å². The lowest BCUT2D eigenvalue weighted by atomic mass is 10.0. The molecule has 3 nitrogen and oxygen atoms in total. The third-order valence-electron chi connectivity index (χ3n) is 3.11. The number of alkyl halides is 3. The number of benzene rings is 1. The first-order chi connectivity index (χ1) is 9.95. The van der Waals surface area contributed by atoms with E-state index in [1.165, 1.54) is 12.1 Å². The topological polar surface area (TPSA) is 30.2 Å². The summed E-state index contributed by atoms with van der Waals surface area (Å²) in [6.45, 7) is 0. The standard InChI is InChI=1S/C14H9ClF3N3/c15-10-5-6-12-19-20-13(21(12)8-10)7-9-3-1-2-4-11(9)14(16,17)18/h1-6,8H,7H2. The quantitative estimate of drug-likeness (QED) is 0.716. The summed E-state index contributed by atoms with van der Waals surface area (Å²) in [4.78, 5) is 0. The number of pyridine rings is 1. The Labute approximate surface area is 123 Å². The molecule has 0 amide bonds. The van der Waals surface area contributed by atoms with Crippen LogP contribution < -0.4 is 0 Å². The van der Waals surface area contributed by atoms with Crippen LogP contribution in [0.2, 0.25) is 5.02 Å². The fourth-order valence-electron chi connectivity index (χ4n) is 2.15. The van der Waals surface area contributed by atoms with Crippen LogP contribution in [-0.2, 0) is 12.6 Å². The Morgan fingerprint density at radius 2 is 1.81 bits per heavy atom. The van der Waals surface area contributed by atoms with E-state index >= 15 is 0 Å². The van der Waals surface area contributed by atoms with Crippen LogP contribution >= 0.6 is 11.6 Å². The predicted octanol–water partition coefficient (Wildman–Crippen LogP) is 3.99. The molecular formula is C14H9ClF3N3. The van der Waals surface area contributed by atoms with Crippen molar-refractivity contribution in [1.29, 1.82) is 0 Å². The number of nitrogens with zero attached hydrogens (tertiary/aromatic N) is 3. The van der Waals surface area contributed by atoms with Gasteiger partial charge in [-0.2, -0.15) is 13.2 Å². The molecule has 0 aliphatic rings. The number of halogens is 4. The first-order valence-corrected chi connectivity index (χ1v) is 6.47. The van der Waals surface area contributed by atoms with Crippen LogP contribution in [0.1, 0.15) is 17.0 Å². The van der Waals surface area contributed by atoms with Crippen molar-refractivity contribution in [2.75, 3.05) is 0 Å². The van der Waals surface area contributed by atoms with Crippen LogP contribution in [-0.4, -0.2) is 14.6 Å². The minimum Gasteiger partial charge on any atom is -0.285 e. The van der Waals surface area contributed by atoms with Gasteiger partial charge in [0.25, 0.3) is 0 Å². The van der Waals surface area contributed by atoms with Gasteiger partial charge in [-0.05, 0) is 23.8 Å². The highest BCUT2D eigenvalue weighted by Gasteiger charge is 2.33. The average Bonchev–Trinajstić information content (AvgIpc) is 2.81. The molecule has 2 heterocycles. The monoisotopic (exact) mass is 311 g/mol. The van der Waals surface area contributed by atoms with E-state index in [1.807, 2.05) is 0 Å². The zero-order valence-electron chi connectivity index (χ0n) is 10.6. The van der Waals surface area contributed by atoms with Crippen LogP contribution in [0.5, 0.6) is 0 Å². The second kappa shape index (κ2) is 5.04. The van der Waals surface area contributed by atoms with Gasteiger partial charge in [0.2, 0.25) is 0 Å². The predicted molar refractivity (Wildman–Crippen MR) is 72.2 cm³/mol. The third kappa shape index (κ3) is 2.71. The molecule has 21 heavy (non-hydrogen) atoms. The number of fused-ring (bicyclic) bond motifs is 1. The molecular weight excluding hydrogens is 303 g/mol. The van der Waals surface area contributed by atoms with E-state index in [-0.39, 0.29) is 12.0 Å². The van der Waals surface area contributed by atoms with Gasteiger partial charge < -0.3 is 0 Å². The summed E-state index contributed by atoms with van der Waals surface area (Å²) >= 11 is 5.90. The number of hydrogen-bond acceptors (Lipinski definition) is 2. The lowest BCUT2D eigenvalue weighted by molar-refractivity contribution is -0.138. The zero-order valence-corrected chi connectivity index (χ0v) is 11.4.